The van der Waals surface area contributed by atoms with Crippen LogP contribution in [0.5, 0.6) is 0 Å². The minimum Gasteiger partial charge on any atom is -0.295 e. The molecule has 2 nitrogen and oxygen atoms in total. The molecule has 3 heterocycles. The minimum absolute atomic E-state index is 1.04. The van der Waals surface area contributed by atoms with Crippen molar-refractivity contribution in [2.24, 2.45) is 0 Å². The van der Waals surface area contributed by atoms with E-state index in [-0.39, 0.29) is 0 Å². The molecule has 41 heavy (non-hydrogen) atoms. The molecule has 0 saturated carbocycles. The van der Waals surface area contributed by atoms with E-state index >= 15 is 0 Å². The summed E-state index contributed by atoms with van der Waals surface area (Å²) in [6.07, 6.45) is 6.27. The highest BCUT2D eigenvalue weighted by atomic mass is 28.3. The van der Waals surface area contributed by atoms with Crippen LogP contribution in [0.15, 0.2) is 157 Å². The van der Waals surface area contributed by atoms with Crippen LogP contribution in [0, 0.1) is 0 Å². The van der Waals surface area contributed by atoms with E-state index in [1.807, 2.05) is 12.3 Å². The molecule has 1 aromatic heterocycles. The van der Waals surface area contributed by atoms with Crippen molar-refractivity contribution in [2.45, 2.75) is 13.8 Å². The third kappa shape index (κ3) is 3.20. The van der Waals surface area contributed by atoms with E-state index in [2.05, 4.69) is 147 Å². The fourth-order valence-corrected chi connectivity index (χ4v) is 17.5. The van der Waals surface area contributed by atoms with Crippen LogP contribution in [0.25, 0.3) is 0 Å². The second-order valence-electron chi connectivity index (χ2n) is 10.9. The van der Waals surface area contributed by atoms with Gasteiger partial charge in [-0.25, -0.2) is 4.98 Å². The average Bonchev–Trinajstić information content (AvgIpc) is 3.05. The van der Waals surface area contributed by atoms with Crippen LogP contribution in [0.3, 0.4) is 0 Å². The summed E-state index contributed by atoms with van der Waals surface area (Å²) in [6, 6.07) is 42.5. The molecular formula is C37H32N2Si2. The highest BCUT2D eigenvalue weighted by Gasteiger charge is 2.56. The van der Waals surface area contributed by atoms with E-state index in [0.29, 0.717) is 0 Å². The Balaban J connectivity index is 1.73. The molecule has 198 valence electrons. The maximum atomic E-state index is 5.17. The lowest BCUT2D eigenvalue weighted by atomic mass is 10.2. The Morgan fingerprint density at radius 3 is 1.90 bits per heavy atom. The van der Waals surface area contributed by atoms with Crippen molar-refractivity contribution in [3.8, 4) is 0 Å². The van der Waals surface area contributed by atoms with Gasteiger partial charge in [-0.15, -0.1) is 0 Å². The quantitative estimate of drug-likeness (QED) is 0.224. The van der Waals surface area contributed by atoms with Crippen molar-refractivity contribution < 1.29 is 0 Å². The second kappa shape index (κ2) is 9.55. The van der Waals surface area contributed by atoms with Gasteiger partial charge in [0, 0.05) is 17.6 Å². The highest BCUT2D eigenvalue weighted by Crippen LogP contribution is 2.42. The third-order valence-corrected chi connectivity index (χ3v) is 19.1. The zero-order chi connectivity index (χ0) is 28.2. The molecule has 2 unspecified atom stereocenters. The van der Waals surface area contributed by atoms with Gasteiger partial charge in [0.2, 0.25) is 0 Å². The predicted octanol–water partition coefficient (Wildman–Crippen LogP) is 4.91. The van der Waals surface area contributed by atoms with Gasteiger partial charge in [-0.3, -0.25) is 4.90 Å². The lowest BCUT2D eigenvalue weighted by molar-refractivity contribution is 1.19. The summed E-state index contributed by atoms with van der Waals surface area (Å²) in [7, 11) is -5.43. The summed E-state index contributed by atoms with van der Waals surface area (Å²) in [4.78, 5) is 7.63. The molecule has 0 spiro atoms. The molecule has 2 atom stereocenters. The highest BCUT2D eigenvalue weighted by molar-refractivity contribution is 7.21. The standard InChI is InChI=1S/C37H32N2Si2/c1-5-27(3)40(29-17-9-7-10-18-29)32-22-14-13-21-31(32)39-36-33(40)23-15-24-34(36)41(28(4)6-2,30-19-11-8-12-20-30)35-25-16-26-38-37(35)39/h5-26H,1,3H2,2,4H3/b28-6+. The normalized spacial score (nSPS) is 20.4. The van der Waals surface area contributed by atoms with Gasteiger partial charge in [0.25, 0.3) is 0 Å². The first-order chi connectivity index (χ1) is 20.1. The Kier molecular flexibility index (Phi) is 5.93. The Hall–Kier alpha value is -4.52. The van der Waals surface area contributed by atoms with Crippen molar-refractivity contribution in [3.63, 3.8) is 0 Å². The van der Waals surface area contributed by atoms with Gasteiger partial charge in [-0.2, -0.15) is 0 Å². The Labute approximate surface area is 244 Å². The Morgan fingerprint density at radius 1 is 0.683 bits per heavy atom. The molecule has 0 N–H and O–H groups in total. The molecule has 0 bridgehead atoms. The fourth-order valence-electron chi connectivity index (χ4n) is 7.43. The summed E-state index contributed by atoms with van der Waals surface area (Å²) in [6.45, 7) is 13.5. The van der Waals surface area contributed by atoms with Gasteiger partial charge >= 0.3 is 0 Å². The van der Waals surface area contributed by atoms with Gasteiger partial charge in [-0.05, 0) is 57.1 Å². The number of anilines is 3. The third-order valence-electron chi connectivity index (χ3n) is 9.19. The van der Waals surface area contributed by atoms with Crippen LogP contribution in [-0.2, 0) is 0 Å². The molecule has 0 saturated heterocycles. The predicted molar refractivity (Wildman–Crippen MR) is 180 cm³/mol. The van der Waals surface area contributed by atoms with E-state index in [9.17, 15) is 0 Å². The number of nitrogens with zero attached hydrogens (tertiary/aromatic N) is 2. The number of rotatable bonds is 5. The first-order valence-electron chi connectivity index (χ1n) is 14.2. The van der Waals surface area contributed by atoms with Crippen LogP contribution in [0.2, 0.25) is 0 Å². The molecule has 0 radical (unpaired) electrons. The van der Waals surface area contributed by atoms with Gasteiger partial charge < -0.3 is 0 Å². The van der Waals surface area contributed by atoms with Crippen molar-refractivity contribution in [1.29, 1.82) is 0 Å². The maximum Gasteiger partial charge on any atom is 0.183 e. The largest absolute Gasteiger partial charge is 0.295 e. The monoisotopic (exact) mass is 560 g/mol. The maximum absolute atomic E-state index is 5.17. The molecule has 0 amide bonds. The number of aromatic nitrogens is 1. The smallest absolute Gasteiger partial charge is 0.183 e. The Bertz CT molecular complexity index is 1750. The van der Waals surface area contributed by atoms with Crippen LogP contribution < -0.4 is 36.0 Å². The summed E-state index contributed by atoms with van der Waals surface area (Å²) in [5.41, 5.74) is 2.48. The summed E-state index contributed by atoms with van der Waals surface area (Å²) >= 11 is 0. The van der Waals surface area contributed by atoms with Gasteiger partial charge in [-0.1, -0.05) is 139 Å². The fraction of sp³-hybridized carbons (Fsp3) is 0.0541. The average molecular weight is 561 g/mol. The summed E-state index contributed by atoms with van der Waals surface area (Å²) in [5, 5.41) is 10.7. The van der Waals surface area contributed by atoms with Gasteiger partial charge in [0.05, 0.1) is 0 Å². The number of allylic oxidation sites excluding steroid dienone is 4. The molecule has 0 aliphatic carbocycles. The van der Waals surface area contributed by atoms with Gasteiger partial charge in [0.15, 0.2) is 16.1 Å². The minimum atomic E-state index is -2.77. The van der Waals surface area contributed by atoms with Crippen LogP contribution in [0.1, 0.15) is 13.8 Å². The van der Waals surface area contributed by atoms with Crippen molar-refractivity contribution in [1.82, 2.24) is 4.98 Å². The lowest BCUT2D eigenvalue weighted by Gasteiger charge is -2.51. The van der Waals surface area contributed by atoms with Gasteiger partial charge in [0.1, 0.15) is 5.82 Å². The SMILES string of the molecule is C=CC(=C)[Si]1(c2ccccc2)c2ccccc2N2c3ncccc3[Si](/C(C)=C/C)(c3ccccc3)c3cccc1c32. The molecule has 4 aromatic carbocycles. The second-order valence-corrected chi connectivity index (χ2v) is 18.6. The number of hydrogen-bond acceptors (Lipinski definition) is 2. The first-order valence-corrected chi connectivity index (χ1v) is 18.2. The summed E-state index contributed by atoms with van der Waals surface area (Å²) in [5.74, 6) is 1.04. The van der Waals surface area contributed by atoms with E-state index in [1.54, 1.807) is 0 Å². The van der Waals surface area contributed by atoms with Crippen LogP contribution in [-0.4, -0.2) is 21.1 Å². The van der Waals surface area contributed by atoms with Crippen LogP contribution >= 0.6 is 0 Å². The number of pyridine rings is 1. The van der Waals surface area contributed by atoms with Crippen molar-refractivity contribution in [3.05, 3.63) is 157 Å². The Morgan fingerprint density at radius 2 is 1.24 bits per heavy atom. The van der Waals surface area contributed by atoms with E-state index < -0.39 is 16.1 Å². The number of benzene rings is 4. The molecule has 7 rings (SSSR count). The lowest BCUT2D eigenvalue weighted by Crippen LogP contribution is -2.77. The van der Waals surface area contributed by atoms with E-state index in [0.717, 1.165) is 11.0 Å². The van der Waals surface area contributed by atoms with Crippen molar-refractivity contribution >= 4 is 64.5 Å². The van der Waals surface area contributed by atoms with Crippen molar-refractivity contribution in [2.75, 3.05) is 4.90 Å². The zero-order valence-corrected chi connectivity index (χ0v) is 25.5. The zero-order valence-electron chi connectivity index (χ0n) is 23.5. The molecule has 2 aliphatic rings. The molecule has 2 aliphatic heterocycles. The number of para-hydroxylation sites is 2. The summed E-state index contributed by atoms with van der Waals surface area (Å²) < 4.78 is 0. The molecule has 4 heteroatoms. The van der Waals surface area contributed by atoms with Crippen LogP contribution in [0.4, 0.5) is 17.2 Å². The number of hydrogen-bond donors (Lipinski definition) is 0. The number of fused-ring (bicyclic) bond motifs is 4. The topological polar surface area (TPSA) is 16.1 Å². The first kappa shape index (κ1) is 25.5. The molecule has 0 fully saturated rings. The molecule has 5 aromatic rings. The van der Waals surface area contributed by atoms with E-state index in [1.165, 1.54) is 47.7 Å². The molecular weight excluding hydrogens is 529 g/mol. The van der Waals surface area contributed by atoms with E-state index in [4.69, 9.17) is 11.6 Å².